The van der Waals surface area contributed by atoms with Gasteiger partial charge in [-0.1, -0.05) is 319 Å². The second-order valence-electron chi connectivity index (χ2n) is 19.4. The van der Waals surface area contributed by atoms with Gasteiger partial charge in [0.1, 0.15) is 0 Å². The highest BCUT2D eigenvalue weighted by Crippen LogP contribution is 2.37. The van der Waals surface area contributed by atoms with E-state index in [1.807, 2.05) is 13.0 Å². The molecule has 2 heteroatoms. The largest absolute Gasteiger partial charge is 0.392 e. The van der Waals surface area contributed by atoms with Gasteiger partial charge < -0.3 is 10.0 Å². The first-order valence-corrected chi connectivity index (χ1v) is 27.9. The van der Waals surface area contributed by atoms with Gasteiger partial charge in [0.05, 0.1) is 6.61 Å². The summed E-state index contributed by atoms with van der Waals surface area (Å²) in [5, 5.41) is 8.96. The van der Waals surface area contributed by atoms with E-state index >= 15 is 0 Å². The average molecular weight is 1050 g/mol. The van der Waals surface area contributed by atoms with E-state index in [2.05, 4.69) is 319 Å². The molecule has 0 fully saturated rings. The van der Waals surface area contributed by atoms with Crippen molar-refractivity contribution in [2.24, 2.45) is 0 Å². The Morgan fingerprint density at radius 3 is 0.800 bits per heavy atom. The summed E-state index contributed by atoms with van der Waals surface area (Å²) in [5.74, 6) is 0. The molecule has 9 rings (SSSR count). The summed E-state index contributed by atoms with van der Waals surface area (Å²) in [6, 6.07) is 90.3. The summed E-state index contributed by atoms with van der Waals surface area (Å²) in [6.07, 6.45) is 15.2. The van der Waals surface area contributed by atoms with E-state index in [0.717, 1.165) is 31.4 Å². The van der Waals surface area contributed by atoms with Gasteiger partial charge in [0.2, 0.25) is 0 Å². The molecule has 9 aromatic rings. The first-order chi connectivity index (χ1) is 38.8. The Labute approximate surface area is 480 Å². The summed E-state index contributed by atoms with van der Waals surface area (Å²) in [5.41, 5.74) is 22.9. The fraction of sp³-hybridized carbons (Fsp3) is 0.154. The van der Waals surface area contributed by atoms with Crippen LogP contribution in [0.3, 0.4) is 0 Å². The topological polar surface area (TPSA) is 23.5 Å². The zero-order valence-corrected chi connectivity index (χ0v) is 47.1. The maximum Gasteiger partial charge on any atom is 0.0615 e. The second-order valence-corrected chi connectivity index (χ2v) is 19.4. The van der Waals surface area contributed by atoms with Gasteiger partial charge in [-0.2, -0.15) is 0 Å². The molecule has 0 spiro atoms. The Hall–Kier alpha value is -8.66. The number of benzene rings is 9. The monoisotopic (exact) mass is 1050 g/mol. The second kappa shape index (κ2) is 32.9. The van der Waals surface area contributed by atoms with Gasteiger partial charge in [-0.25, -0.2) is 0 Å². The molecule has 0 aliphatic rings. The summed E-state index contributed by atoms with van der Waals surface area (Å²) in [4.78, 5) is 2.16. The van der Waals surface area contributed by atoms with Crippen LogP contribution in [0.5, 0.6) is 0 Å². The van der Waals surface area contributed by atoms with E-state index in [0.29, 0.717) is 0 Å². The van der Waals surface area contributed by atoms with E-state index in [9.17, 15) is 0 Å². The number of likely N-dealkylation sites (N-methyl/N-ethyl adjacent to an activating group) is 1. The molecule has 9 aromatic carbocycles. The molecular weight excluding hydrogens is 967 g/mol. The Bertz CT molecular complexity index is 3380. The quantitative estimate of drug-likeness (QED) is 0.0866. The lowest BCUT2D eigenvalue weighted by Gasteiger charge is -2.16. The Balaban J connectivity index is 0.000000193. The highest BCUT2D eigenvalue weighted by atomic mass is 16.2. The van der Waals surface area contributed by atoms with Crippen LogP contribution in [0.4, 0.5) is 0 Å². The Kier molecular flexibility index (Phi) is 24.9. The number of rotatable bonds is 18. The molecule has 1 N–H and O–H groups in total. The maximum atomic E-state index is 8.96. The van der Waals surface area contributed by atoms with Crippen molar-refractivity contribution in [3.8, 4) is 0 Å². The minimum Gasteiger partial charge on any atom is -0.392 e. The molecule has 2 nitrogen and oxygen atoms in total. The molecule has 0 atom stereocenters. The van der Waals surface area contributed by atoms with E-state index in [1.54, 1.807) is 6.08 Å². The Morgan fingerprint density at radius 2 is 0.562 bits per heavy atom. The van der Waals surface area contributed by atoms with Crippen molar-refractivity contribution in [3.05, 3.63) is 340 Å². The molecule has 0 saturated carbocycles. The molecule has 0 aromatic heterocycles. The molecule has 0 unspecified atom stereocenters. The number of hydrogen-bond donors (Lipinski definition) is 1. The van der Waals surface area contributed by atoms with Crippen LogP contribution in [-0.4, -0.2) is 37.3 Å². The molecular formula is C78H81NO. The molecule has 0 bridgehead atoms. The lowest BCUT2D eigenvalue weighted by molar-refractivity contribution is 0.343. The van der Waals surface area contributed by atoms with E-state index in [4.69, 9.17) is 5.11 Å². The fourth-order valence-electron chi connectivity index (χ4n) is 9.92. The molecule has 0 saturated heterocycles. The third-order valence-corrected chi connectivity index (χ3v) is 13.7. The van der Waals surface area contributed by atoms with Crippen molar-refractivity contribution in [1.82, 2.24) is 4.90 Å². The highest BCUT2D eigenvalue weighted by molar-refractivity contribution is 6.00. The predicted molar refractivity (Wildman–Crippen MR) is 352 cm³/mol. The standard InChI is InChI=1S/C27H29N.C25H24O.C25H24.CH4/c1-4-26(23-13-7-5-8-14-23)27(24-15-9-6-10-16-24)25-19-17-22(18-20-25)12-11-21-28(2)3;1-2-24(21-11-5-3-6-12-21)25(22-13-7-4-8-14-22)23-17-15-20(16-18-23)10-9-19-26;1-3-11-20-16-18-23(19-17-20)25(22-14-9-6-10-15-22)24(4-2)21-12-7-5-8-13-21;/h5-20H,4,21H2,1-3H3;3-18,26H,2,19H2,1H3;3,5-19H,4H2,1-2H3;1H4/b12-11+,27-26-;10-9+,25-24-;11-3+,25-24-;. The lowest BCUT2D eigenvalue weighted by atomic mass is 9.88. The SMILES string of the molecule is C.C/C=C/c1ccc(/C(=C(/CC)c2ccccc2)c2ccccc2)cc1.CC/C(=C(\c1ccccc1)c1ccc(/C=C/CN(C)C)cc1)c1ccccc1.CC/C(=C(\c1ccccc1)c1ccc(/C=C/CO)cc1)c1ccccc1. The van der Waals surface area contributed by atoms with E-state index < -0.39 is 0 Å². The van der Waals surface area contributed by atoms with Crippen LogP contribution in [0.2, 0.25) is 0 Å². The van der Waals surface area contributed by atoms with Crippen molar-refractivity contribution < 1.29 is 5.11 Å². The van der Waals surface area contributed by atoms with Crippen LogP contribution < -0.4 is 0 Å². The average Bonchev–Trinajstić information content (AvgIpc) is 3.51. The van der Waals surface area contributed by atoms with Crippen molar-refractivity contribution in [2.45, 2.75) is 54.4 Å². The summed E-state index contributed by atoms with van der Waals surface area (Å²) >= 11 is 0. The molecule has 0 heterocycles. The third-order valence-electron chi connectivity index (χ3n) is 13.7. The number of aliphatic hydroxyl groups excluding tert-OH is 1. The van der Waals surface area contributed by atoms with Gasteiger partial charge in [-0.15, -0.1) is 0 Å². The number of allylic oxidation sites excluding steroid dienone is 4. The zero-order valence-electron chi connectivity index (χ0n) is 47.1. The molecule has 0 radical (unpaired) electrons. The first kappa shape index (κ1) is 60.6. The zero-order chi connectivity index (χ0) is 55.4. The van der Waals surface area contributed by atoms with Gasteiger partial charge >= 0.3 is 0 Å². The van der Waals surface area contributed by atoms with Crippen molar-refractivity contribution in [3.63, 3.8) is 0 Å². The van der Waals surface area contributed by atoms with Gasteiger partial charge in [-0.3, -0.25) is 0 Å². The molecule has 0 amide bonds. The summed E-state index contributed by atoms with van der Waals surface area (Å²) in [6.45, 7) is 9.75. The molecule has 0 aliphatic heterocycles. The van der Waals surface area contributed by atoms with Gasteiger partial charge in [-0.05, 0) is 140 Å². The van der Waals surface area contributed by atoms with Gasteiger partial charge in [0.15, 0.2) is 0 Å². The normalized spacial score (nSPS) is 12.2. The summed E-state index contributed by atoms with van der Waals surface area (Å²) < 4.78 is 0. The van der Waals surface area contributed by atoms with Crippen LogP contribution in [0.25, 0.3) is 51.7 Å². The first-order valence-electron chi connectivity index (χ1n) is 27.9. The summed E-state index contributed by atoms with van der Waals surface area (Å²) in [7, 11) is 4.17. The van der Waals surface area contributed by atoms with Crippen molar-refractivity contribution in [2.75, 3.05) is 27.2 Å². The fourth-order valence-corrected chi connectivity index (χ4v) is 9.92. The number of hydrogen-bond acceptors (Lipinski definition) is 2. The molecule has 80 heavy (non-hydrogen) atoms. The smallest absolute Gasteiger partial charge is 0.0615 e. The van der Waals surface area contributed by atoms with Gasteiger partial charge in [0, 0.05) is 6.54 Å². The molecule has 404 valence electrons. The lowest BCUT2D eigenvalue weighted by Crippen LogP contribution is -2.10. The number of aliphatic hydroxyl groups is 1. The van der Waals surface area contributed by atoms with E-state index in [1.165, 1.54) is 94.6 Å². The maximum absolute atomic E-state index is 8.96. The van der Waals surface area contributed by atoms with Crippen molar-refractivity contribution in [1.29, 1.82) is 0 Å². The number of nitrogens with zero attached hydrogens (tertiary/aromatic N) is 1. The Morgan fingerprint density at radius 1 is 0.325 bits per heavy atom. The van der Waals surface area contributed by atoms with Crippen LogP contribution in [0.1, 0.15) is 121 Å². The van der Waals surface area contributed by atoms with Gasteiger partial charge in [0.25, 0.3) is 0 Å². The van der Waals surface area contributed by atoms with Crippen molar-refractivity contribution >= 4 is 51.7 Å². The van der Waals surface area contributed by atoms with Crippen LogP contribution in [0.15, 0.2) is 273 Å². The predicted octanol–water partition coefficient (Wildman–Crippen LogP) is 20.4. The molecule has 0 aliphatic carbocycles. The highest BCUT2D eigenvalue weighted by Gasteiger charge is 2.16. The van der Waals surface area contributed by atoms with E-state index in [-0.39, 0.29) is 14.0 Å². The minimum absolute atomic E-state index is 0. The van der Waals surface area contributed by atoms with Crippen LogP contribution >= 0.6 is 0 Å². The van der Waals surface area contributed by atoms with Crippen LogP contribution in [0, 0.1) is 0 Å². The van der Waals surface area contributed by atoms with Crippen LogP contribution in [-0.2, 0) is 0 Å². The third kappa shape index (κ3) is 17.4. The minimum atomic E-state index is 0.